The van der Waals surface area contributed by atoms with Crippen LogP contribution < -0.4 is 24.4 Å². The van der Waals surface area contributed by atoms with Gasteiger partial charge in [0.15, 0.2) is 4.80 Å². The second-order valence-corrected chi connectivity index (χ2v) is 11.6. The van der Waals surface area contributed by atoms with Crippen molar-refractivity contribution in [3.05, 3.63) is 117 Å². The Morgan fingerprint density at radius 1 is 1.03 bits per heavy atom. The summed E-state index contributed by atoms with van der Waals surface area (Å²) in [6.07, 6.45) is 3.62. The molecular formula is C29H22Br2N2O3S. The Balaban J connectivity index is 1.66. The van der Waals surface area contributed by atoms with E-state index in [4.69, 9.17) is 14.5 Å². The highest BCUT2D eigenvalue weighted by atomic mass is 79.9. The number of methoxy groups -OCH3 is 2. The van der Waals surface area contributed by atoms with Crippen molar-refractivity contribution >= 4 is 55.0 Å². The highest BCUT2D eigenvalue weighted by molar-refractivity contribution is 9.11. The first-order valence-electron chi connectivity index (χ1n) is 11.8. The number of hydrogen-bond acceptors (Lipinski definition) is 5. The number of halogens is 2. The van der Waals surface area contributed by atoms with E-state index in [0.29, 0.717) is 15.1 Å². The monoisotopic (exact) mass is 636 g/mol. The quantitative estimate of drug-likeness (QED) is 0.282. The van der Waals surface area contributed by atoms with E-state index in [2.05, 4.69) is 56.1 Å². The molecule has 3 aromatic carbocycles. The minimum absolute atomic E-state index is 0.0804. The zero-order valence-electron chi connectivity index (χ0n) is 20.1. The largest absolute Gasteiger partial charge is 0.496 e. The van der Waals surface area contributed by atoms with Crippen molar-refractivity contribution in [3.63, 3.8) is 0 Å². The molecule has 2 aliphatic rings. The molecule has 0 amide bonds. The predicted octanol–water partition coefficient (Wildman–Crippen LogP) is 5.86. The van der Waals surface area contributed by atoms with Gasteiger partial charge in [0.2, 0.25) is 0 Å². The van der Waals surface area contributed by atoms with E-state index in [1.807, 2.05) is 47.0 Å². The fourth-order valence-electron chi connectivity index (χ4n) is 5.24. The minimum Gasteiger partial charge on any atom is -0.496 e. The van der Waals surface area contributed by atoms with Crippen molar-refractivity contribution in [2.24, 2.45) is 4.99 Å². The van der Waals surface area contributed by atoms with Crippen LogP contribution in [0.25, 0.3) is 11.8 Å². The Kier molecular flexibility index (Phi) is 6.42. The lowest BCUT2D eigenvalue weighted by molar-refractivity contribution is 0.402. The highest BCUT2D eigenvalue weighted by Crippen LogP contribution is 2.43. The zero-order chi connectivity index (χ0) is 25.7. The van der Waals surface area contributed by atoms with Crippen molar-refractivity contribution in [1.82, 2.24) is 4.57 Å². The number of nitrogens with zero attached hydrogens (tertiary/aromatic N) is 2. The number of ether oxygens (including phenoxy) is 2. The van der Waals surface area contributed by atoms with E-state index in [0.717, 1.165) is 55.5 Å². The first-order valence-corrected chi connectivity index (χ1v) is 14.2. The van der Waals surface area contributed by atoms with Crippen LogP contribution in [-0.4, -0.2) is 18.8 Å². The standard InChI is InChI=1S/C29H22Br2N2O3S/c1-35-23-10-6-5-9-20(23)26-21-12-11-16-7-3-4-8-19(16)25(21)32-29-33(26)28(34)24(37-29)14-17-13-18(30)15-22(31)27(17)36-2/h3-10,13-15,26H,11-12H2,1-2H3. The molecular weight excluding hydrogens is 616 g/mol. The maximum Gasteiger partial charge on any atom is 0.271 e. The van der Waals surface area contributed by atoms with Gasteiger partial charge in [-0.05, 0) is 64.2 Å². The molecule has 1 aliphatic heterocycles. The average molecular weight is 638 g/mol. The number of fused-ring (bicyclic) bond motifs is 3. The molecule has 8 heteroatoms. The summed E-state index contributed by atoms with van der Waals surface area (Å²) in [5, 5.41) is 0. The van der Waals surface area contributed by atoms with Crippen LogP contribution in [0.5, 0.6) is 11.5 Å². The molecule has 0 bridgehead atoms. The molecule has 0 fully saturated rings. The lowest BCUT2D eigenvalue weighted by Crippen LogP contribution is -2.39. The number of aromatic nitrogens is 1. The summed E-state index contributed by atoms with van der Waals surface area (Å²) in [6, 6.07) is 19.9. The Morgan fingerprint density at radius 2 is 1.81 bits per heavy atom. The van der Waals surface area contributed by atoms with E-state index >= 15 is 0 Å². The van der Waals surface area contributed by atoms with Crippen molar-refractivity contribution in [2.75, 3.05) is 14.2 Å². The van der Waals surface area contributed by atoms with Crippen LogP contribution in [0.4, 0.5) is 0 Å². The molecule has 5 nitrogen and oxygen atoms in total. The van der Waals surface area contributed by atoms with Crippen LogP contribution >= 0.6 is 43.2 Å². The Morgan fingerprint density at radius 3 is 2.62 bits per heavy atom. The Bertz CT molecular complexity index is 1770. The van der Waals surface area contributed by atoms with Gasteiger partial charge in [-0.2, -0.15) is 0 Å². The number of benzene rings is 3. The fourth-order valence-corrected chi connectivity index (χ4v) is 7.65. The molecule has 1 unspecified atom stereocenters. The van der Waals surface area contributed by atoms with E-state index in [1.54, 1.807) is 14.2 Å². The number of rotatable bonds is 4. The third kappa shape index (κ3) is 4.11. The normalized spacial score (nSPS) is 16.5. The summed E-state index contributed by atoms with van der Waals surface area (Å²) in [5.74, 6) is 1.43. The summed E-state index contributed by atoms with van der Waals surface area (Å²) in [4.78, 5) is 19.8. The summed E-state index contributed by atoms with van der Waals surface area (Å²) < 4.78 is 15.5. The number of para-hydroxylation sites is 1. The van der Waals surface area contributed by atoms with Crippen LogP contribution in [0, 0.1) is 0 Å². The van der Waals surface area contributed by atoms with E-state index < -0.39 is 0 Å². The second kappa shape index (κ2) is 9.74. The van der Waals surface area contributed by atoms with E-state index in [1.165, 1.54) is 16.9 Å². The SMILES string of the molecule is COc1ccccc1C1C2=C(N=c3sc(=Cc4cc(Br)cc(Br)c4OC)c(=O)n31)c1ccccc1CC2. The van der Waals surface area contributed by atoms with Crippen LogP contribution in [0.1, 0.15) is 34.7 Å². The van der Waals surface area contributed by atoms with Crippen LogP contribution in [0.15, 0.2) is 85.0 Å². The molecule has 0 saturated heterocycles. The van der Waals surface area contributed by atoms with Gasteiger partial charge in [0.25, 0.3) is 5.56 Å². The third-order valence-corrected chi connectivity index (χ3v) is 8.86. The second-order valence-electron chi connectivity index (χ2n) is 8.87. The molecule has 6 rings (SSSR count). The Labute approximate surface area is 234 Å². The molecule has 4 aromatic rings. The summed E-state index contributed by atoms with van der Waals surface area (Å²) in [7, 11) is 3.30. The molecule has 1 atom stereocenters. The maximum absolute atomic E-state index is 14.0. The van der Waals surface area contributed by atoms with Gasteiger partial charge in [0, 0.05) is 21.2 Å². The van der Waals surface area contributed by atoms with Gasteiger partial charge in [0.05, 0.1) is 35.0 Å². The molecule has 0 saturated carbocycles. The van der Waals surface area contributed by atoms with Crippen molar-refractivity contribution in [2.45, 2.75) is 18.9 Å². The summed E-state index contributed by atoms with van der Waals surface area (Å²) in [5.41, 5.74) is 6.21. The molecule has 1 aromatic heterocycles. The molecule has 0 radical (unpaired) electrons. The van der Waals surface area contributed by atoms with Gasteiger partial charge >= 0.3 is 0 Å². The molecule has 2 heterocycles. The zero-order valence-corrected chi connectivity index (χ0v) is 24.1. The van der Waals surface area contributed by atoms with Crippen LogP contribution in [-0.2, 0) is 6.42 Å². The summed E-state index contributed by atoms with van der Waals surface area (Å²) >= 11 is 8.52. The number of hydrogen-bond donors (Lipinski definition) is 0. The topological polar surface area (TPSA) is 52.8 Å². The molecule has 186 valence electrons. The van der Waals surface area contributed by atoms with Gasteiger partial charge in [-0.1, -0.05) is 69.7 Å². The van der Waals surface area contributed by atoms with Gasteiger partial charge in [0.1, 0.15) is 11.5 Å². The number of thiazole rings is 1. The van der Waals surface area contributed by atoms with Crippen molar-refractivity contribution in [1.29, 1.82) is 0 Å². The number of aryl methyl sites for hydroxylation is 1. The smallest absolute Gasteiger partial charge is 0.271 e. The highest BCUT2D eigenvalue weighted by Gasteiger charge is 2.34. The fraction of sp³-hybridized carbons (Fsp3) is 0.172. The predicted molar refractivity (Wildman–Crippen MR) is 154 cm³/mol. The minimum atomic E-state index is -0.297. The lowest BCUT2D eigenvalue weighted by Gasteiger charge is -2.31. The van der Waals surface area contributed by atoms with Gasteiger partial charge < -0.3 is 9.47 Å². The number of allylic oxidation sites excluding steroid dienone is 1. The Hall–Kier alpha value is -2.94. The first kappa shape index (κ1) is 24.4. The van der Waals surface area contributed by atoms with Crippen LogP contribution in [0.2, 0.25) is 0 Å². The molecule has 1 aliphatic carbocycles. The third-order valence-electron chi connectivity index (χ3n) is 6.83. The molecule has 37 heavy (non-hydrogen) atoms. The maximum atomic E-state index is 14.0. The van der Waals surface area contributed by atoms with Gasteiger partial charge in [-0.25, -0.2) is 4.99 Å². The first-order chi connectivity index (χ1) is 18.0. The lowest BCUT2D eigenvalue weighted by atomic mass is 9.83. The molecule has 0 N–H and O–H groups in total. The average Bonchev–Trinajstić information content (AvgIpc) is 3.21. The van der Waals surface area contributed by atoms with Crippen LogP contribution in [0.3, 0.4) is 0 Å². The van der Waals surface area contributed by atoms with Gasteiger partial charge in [-0.15, -0.1) is 0 Å². The van der Waals surface area contributed by atoms with E-state index in [-0.39, 0.29) is 11.6 Å². The molecule has 0 spiro atoms. The van der Waals surface area contributed by atoms with Crippen molar-refractivity contribution < 1.29 is 9.47 Å². The van der Waals surface area contributed by atoms with Gasteiger partial charge in [-0.3, -0.25) is 9.36 Å². The van der Waals surface area contributed by atoms with E-state index in [9.17, 15) is 4.79 Å². The summed E-state index contributed by atoms with van der Waals surface area (Å²) in [6.45, 7) is 0. The van der Waals surface area contributed by atoms with Crippen molar-refractivity contribution in [3.8, 4) is 11.5 Å².